The Morgan fingerprint density at radius 1 is 1.19 bits per heavy atom. The number of carbonyl (C=O) groups is 1. The molecule has 1 aliphatic rings. The highest BCUT2D eigenvalue weighted by Crippen LogP contribution is 2.19. The Morgan fingerprint density at radius 3 is 2.73 bits per heavy atom. The summed E-state index contributed by atoms with van der Waals surface area (Å²) >= 11 is 0. The van der Waals surface area contributed by atoms with Gasteiger partial charge in [-0.15, -0.1) is 0 Å². The minimum atomic E-state index is -0.374. The quantitative estimate of drug-likeness (QED) is 0.676. The highest BCUT2D eigenvalue weighted by Gasteiger charge is 2.26. The SMILES string of the molecule is O=C(c1c[nH]c(=O)cn1)N1CCc2c(nc(-c3ccncc3)[nH]c2=O)C1. The van der Waals surface area contributed by atoms with Crippen LogP contribution < -0.4 is 11.1 Å². The summed E-state index contributed by atoms with van der Waals surface area (Å²) in [4.78, 5) is 55.2. The third-order valence-electron chi connectivity index (χ3n) is 4.21. The Hall–Kier alpha value is -3.62. The van der Waals surface area contributed by atoms with Crippen molar-refractivity contribution in [3.05, 3.63) is 74.6 Å². The van der Waals surface area contributed by atoms with Crippen LogP contribution in [-0.2, 0) is 13.0 Å². The van der Waals surface area contributed by atoms with Crippen molar-refractivity contribution in [1.82, 2.24) is 29.8 Å². The molecule has 1 amide bonds. The Labute approximate surface area is 146 Å². The van der Waals surface area contributed by atoms with E-state index in [1.807, 2.05) is 0 Å². The van der Waals surface area contributed by atoms with Crippen molar-refractivity contribution in [2.45, 2.75) is 13.0 Å². The summed E-state index contributed by atoms with van der Waals surface area (Å²) in [6.07, 6.45) is 5.99. The fraction of sp³-hybridized carbons (Fsp3) is 0.176. The van der Waals surface area contributed by atoms with Crippen LogP contribution in [0.25, 0.3) is 11.4 Å². The van der Waals surface area contributed by atoms with Crippen LogP contribution in [0, 0.1) is 0 Å². The summed E-state index contributed by atoms with van der Waals surface area (Å²) in [7, 11) is 0. The van der Waals surface area contributed by atoms with E-state index in [0.717, 1.165) is 11.8 Å². The van der Waals surface area contributed by atoms with Gasteiger partial charge in [-0.25, -0.2) is 9.97 Å². The number of fused-ring (bicyclic) bond motifs is 1. The molecular weight excluding hydrogens is 336 g/mol. The summed E-state index contributed by atoms with van der Waals surface area (Å²) in [5.74, 6) is 0.118. The number of rotatable bonds is 2. The van der Waals surface area contributed by atoms with E-state index >= 15 is 0 Å². The van der Waals surface area contributed by atoms with Crippen molar-refractivity contribution in [2.24, 2.45) is 0 Å². The molecule has 4 rings (SSSR count). The third kappa shape index (κ3) is 2.90. The first-order valence-corrected chi connectivity index (χ1v) is 7.98. The number of aromatic amines is 2. The van der Waals surface area contributed by atoms with Crippen LogP contribution in [-0.4, -0.2) is 42.3 Å². The number of hydrogen-bond acceptors (Lipinski definition) is 6. The molecule has 0 spiro atoms. The number of aromatic nitrogens is 5. The smallest absolute Gasteiger partial charge is 0.274 e. The maximum atomic E-state index is 12.6. The zero-order chi connectivity index (χ0) is 18.1. The normalized spacial score (nSPS) is 13.3. The maximum absolute atomic E-state index is 12.6. The van der Waals surface area contributed by atoms with E-state index < -0.39 is 0 Å². The number of pyridine rings is 1. The lowest BCUT2D eigenvalue weighted by Crippen LogP contribution is -2.39. The molecular formula is C17H14N6O3. The third-order valence-corrected chi connectivity index (χ3v) is 4.21. The molecule has 0 aliphatic carbocycles. The molecule has 3 aromatic heterocycles. The predicted octanol–water partition coefficient (Wildman–Crippen LogP) is 0.114. The zero-order valence-corrected chi connectivity index (χ0v) is 13.6. The van der Waals surface area contributed by atoms with Crippen LogP contribution in [0.5, 0.6) is 0 Å². The predicted molar refractivity (Wildman–Crippen MR) is 91.4 cm³/mol. The molecule has 1 aliphatic heterocycles. The van der Waals surface area contributed by atoms with Crippen molar-refractivity contribution >= 4 is 5.91 Å². The number of amides is 1. The fourth-order valence-corrected chi connectivity index (χ4v) is 2.88. The molecule has 3 aromatic rings. The van der Waals surface area contributed by atoms with Gasteiger partial charge in [-0.1, -0.05) is 0 Å². The lowest BCUT2D eigenvalue weighted by molar-refractivity contribution is 0.0725. The van der Waals surface area contributed by atoms with Gasteiger partial charge in [-0.05, 0) is 18.6 Å². The summed E-state index contributed by atoms with van der Waals surface area (Å²) in [5.41, 5.74) is 1.46. The van der Waals surface area contributed by atoms with Crippen molar-refractivity contribution in [1.29, 1.82) is 0 Å². The largest absolute Gasteiger partial charge is 0.331 e. The lowest BCUT2D eigenvalue weighted by Gasteiger charge is -2.27. The van der Waals surface area contributed by atoms with Crippen LogP contribution in [0.2, 0.25) is 0 Å². The van der Waals surface area contributed by atoms with Gasteiger partial charge in [0.1, 0.15) is 11.5 Å². The van der Waals surface area contributed by atoms with Crippen LogP contribution in [0.15, 0.2) is 46.5 Å². The van der Waals surface area contributed by atoms with Gasteiger partial charge in [0.2, 0.25) is 0 Å². The first-order valence-electron chi connectivity index (χ1n) is 7.98. The maximum Gasteiger partial charge on any atom is 0.274 e. The van der Waals surface area contributed by atoms with Crippen molar-refractivity contribution in [3.63, 3.8) is 0 Å². The topological polar surface area (TPSA) is 125 Å². The van der Waals surface area contributed by atoms with Gasteiger partial charge in [0.15, 0.2) is 0 Å². The molecule has 26 heavy (non-hydrogen) atoms. The molecule has 0 atom stereocenters. The summed E-state index contributed by atoms with van der Waals surface area (Å²) < 4.78 is 0. The number of H-pyrrole nitrogens is 2. The van der Waals surface area contributed by atoms with Gasteiger partial charge in [0.25, 0.3) is 17.0 Å². The summed E-state index contributed by atoms with van der Waals surface area (Å²) in [5, 5.41) is 0. The van der Waals surface area contributed by atoms with E-state index in [-0.39, 0.29) is 29.3 Å². The first-order chi connectivity index (χ1) is 12.6. The van der Waals surface area contributed by atoms with E-state index in [1.165, 1.54) is 6.20 Å². The van der Waals surface area contributed by atoms with E-state index in [4.69, 9.17) is 0 Å². The second-order valence-corrected chi connectivity index (χ2v) is 5.85. The summed E-state index contributed by atoms with van der Waals surface area (Å²) in [6.45, 7) is 0.586. The first kappa shape index (κ1) is 15.9. The Bertz CT molecular complexity index is 1070. The van der Waals surface area contributed by atoms with Crippen LogP contribution in [0.3, 0.4) is 0 Å². The molecule has 0 saturated heterocycles. The van der Waals surface area contributed by atoms with Crippen molar-refractivity contribution in [3.8, 4) is 11.4 Å². The molecule has 4 heterocycles. The van der Waals surface area contributed by atoms with Crippen LogP contribution in [0.4, 0.5) is 0 Å². The number of nitrogens with one attached hydrogen (secondary N) is 2. The molecule has 0 aromatic carbocycles. The van der Waals surface area contributed by atoms with Crippen LogP contribution >= 0.6 is 0 Å². The Kier molecular flexibility index (Phi) is 3.88. The summed E-state index contributed by atoms with van der Waals surface area (Å²) in [6, 6.07) is 3.50. The second kappa shape index (κ2) is 6.36. The van der Waals surface area contributed by atoms with E-state index in [1.54, 1.807) is 29.4 Å². The standard InChI is InChI=1S/C17H14N6O3/c24-14-8-19-12(7-20-14)17(26)23-6-3-11-13(9-23)21-15(22-16(11)25)10-1-4-18-5-2-10/h1-2,4-5,7-8H,3,6,9H2,(H,20,24)(H,21,22,25). The minimum absolute atomic E-state index is 0.146. The molecule has 0 bridgehead atoms. The van der Waals surface area contributed by atoms with Gasteiger partial charge in [0.05, 0.1) is 18.4 Å². The average Bonchev–Trinajstić information content (AvgIpc) is 2.68. The molecule has 9 nitrogen and oxygen atoms in total. The van der Waals surface area contributed by atoms with Crippen molar-refractivity contribution < 1.29 is 4.79 Å². The van der Waals surface area contributed by atoms with Gasteiger partial charge in [0, 0.05) is 36.3 Å². The molecule has 0 unspecified atom stereocenters. The Morgan fingerprint density at radius 2 is 2.00 bits per heavy atom. The molecule has 0 radical (unpaired) electrons. The number of nitrogens with zero attached hydrogens (tertiary/aromatic N) is 4. The van der Waals surface area contributed by atoms with Gasteiger partial charge >= 0.3 is 0 Å². The number of carbonyl (C=O) groups excluding carboxylic acids is 1. The molecule has 9 heteroatoms. The fourth-order valence-electron chi connectivity index (χ4n) is 2.88. The van der Waals surface area contributed by atoms with E-state index in [9.17, 15) is 14.4 Å². The zero-order valence-electron chi connectivity index (χ0n) is 13.6. The minimum Gasteiger partial charge on any atom is -0.331 e. The van der Waals surface area contributed by atoms with Gasteiger partial charge in [-0.2, -0.15) is 0 Å². The monoisotopic (exact) mass is 350 g/mol. The molecule has 2 N–H and O–H groups in total. The highest BCUT2D eigenvalue weighted by atomic mass is 16.2. The van der Waals surface area contributed by atoms with E-state index in [0.29, 0.717) is 30.0 Å². The highest BCUT2D eigenvalue weighted by molar-refractivity contribution is 5.92. The Balaban J connectivity index is 1.66. The lowest BCUT2D eigenvalue weighted by atomic mass is 10.1. The van der Waals surface area contributed by atoms with Crippen LogP contribution in [0.1, 0.15) is 21.7 Å². The van der Waals surface area contributed by atoms with Gasteiger partial charge < -0.3 is 14.9 Å². The van der Waals surface area contributed by atoms with Crippen molar-refractivity contribution in [2.75, 3.05) is 6.54 Å². The molecule has 130 valence electrons. The number of hydrogen-bond donors (Lipinski definition) is 2. The molecule has 0 saturated carbocycles. The van der Waals surface area contributed by atoms with Gasteiger partial charge in [-0.3, -0.25) is 19.4 Å². The van der Waals surface area contributed by atoms with E-state index in [2.05, 4.69) is 24.9 Å². The average molecular weight is 350 g/mol. The second-order valence-electron chi connectivity index (χ2n) is 5.85. The molecule has 0 fully saturated rings.